The molecule has 3 rings (SSSR count). The minimum atomic E-state index is -1.29. The zero-order valence-electron chi connectivity index (χ0n) is 9.64. The Morgan fingerprint density at radius 3 is 2.78 bits per heavy atom. The smallest absolute Gasteiger partial charge is 0.338 e. The van der Waals surface area contributed by atoms with Crippen molar-refractivity contribution in [2.75, 3.05) is 0 Å². The quantitative estimate of drug-likeness (QED) is 0.887. The van der Waals surface area contributed by atoms with Crippen LogP contribution in [0.3, 0.4) is 0 Å². The second-order valence-corrected chi connectivity index (χ2v) is 4.60. The van der Waals surface area contributed by atoms with E-state index in [0.717, 1.165) is 25.7 Å². The third-order valence-electron chi connectivity index (χ3n) is 3.46. The maximum absolute atomic E-state index is 13.7. The van der Waals surface area contributed by atoms with E-state index in [-0.39, 0.29) is 11.6 Å². The molecule has 2 aromatic rings. The van der Waals surface area contributed by atoms with Gasteiger partial charge in [-0.2, -0.15) is 0 Å². The fourth-order valence-corrected chi connectivity index (χ4v) is 2.54. The molecule has 0 spiro atoms. The molecule has 1 saturated carbocycles. The summed E-state index contributed by atoms with van der Waals surface area (Å²) in [7, 11) is 0. The van der Waals surface area contributed by atoms with Gasteiger partial charge in [-0.1, -0.05) is 18.1 Å². The minimum Gasteiger partial charge on any atom is -0.478 e. The van der Waals surface area contributed by atoms with E-state index in [2.05, 4.69) is 10.3 Å². The van der Waals surface area contributed by atoms with Crippen molar-refractivity contribution in [2.24, 2.45) is 0 Å². The van der Waals surface area contributed by atoms with Crippen LogP contribution in [0.25, 0.3) is 11.0 Å². The third-order valence-corrected chi connectivity index (χ3v) is 3.46. The Balaban J connectivity index is 2.14. The van der Waals surface area contributed by atoms with Gasteiger partial charge < -0.3 is 5.11 Å². The van der Waals surface area contributed by atoms with Crippen molar-refractivity contribution < 1.29 is 14.3 Å². The van der Waals surface area contributed by atoms with E-state index in [1.54, 1.807) is 4.68 Å². The zero-order valence-corrected chi connectivity index (χ0v) is 9.64. The van der Waals surface area contributed by atoms with Crippen LogP contribution in [-0.2, 0) is 0 Å². The number of carbonyl (C=O) groups is 1. The lowest BCUT2D eigenvalue weighted by molar-refractivity contribution is 0.0692. The molecule has 5 nitrogen and oxygen atoms in total. The molecule has 0 atom stereocenters. The van der Waals surface area contributed by atoms with Gasteiger partial charge >= 0.3 is 5.97 Å². The number of nitrogens with zero attached hydrogens (tertiary/aromatic N) is 3. The number of benzene rings is 1. The lowest BCUT2D eigenvalue weighted by Gasteiger charge is -2.09. The molecule has 0 unspecified atom stereocenters. The van der Waals surface area contributed by atoms with Crippen molar-refractivity contribution in [1.29, 1.82) is 0 Å². The van der Waals surface area contributed by atoms with E-state index < -0.39 is 11.8 Å². The lowest BCUT2D eigenvalue weighted by Crippen LogP contribution is -2.07. The van der Waals surface area contributed by atoms with E-state index >= 15 is 0 Å². The first-order valence-corrected chi connectivity index (χ1v) is 5.94. The van der Waals surface area contributed by atoms with Gasteiger partial charge in [0, 0.05) is 6.07 Å². The number of carboxylic acids is 1. The van der Waals surface area contributed by atoms with Gasteiger partial charge in [-0.25, -0.2) is 13.9 Å². The van der Waals surface area contributed by atoms with Crippen LogP contribution in [-0.4, -0.2) is 26.1 Å². The molecular formula is C12H12FN3O2. The van der Waals surface area contributed by atoms with Crippen molar-refractivity contribution in [3.8, 4) is 0 Å². The number of carboxylic acid groups (broad SMARTS) is 1. The maximum atomic E-state index is 13.7. The number of hydrogen-bond acceptors (Lipinski definition) is 3. The fraction of sp³-hybridized carbons (Fsp3) is 0.417. The summed E-state index contributed by atoms with van der Waals surface area (Å²) in [6.45, 7) is 0. The Hall–Kier alpha value is -1.98. The highest BCUT2D eigenvalue weighted by Gasteiger charge is 2.22. The van der Waals surface area contributed by atoms with Crippen LogP contribution in [0.2, 0.25) is 0 Å². The summed E-state index contributed by atoms with van der Waals surface area (Å²) >= 11 is 0. The SMILES string of the molecule is O=C(O)c1cc2nnn(C3CCCC3)c2cc1F. The van der Waals surface area contributed by atoms with Crippen molar-refractivity contribution in [2.45, 2.75) is 31.7 Å². The lowest BCUT2D eigenvalue weighted by atomic mass is 10.1. The van der Waals surface area contributed by atoms with Gasteiger partial charge in [0.05, 0.1) is 17.1 Å². The Morgan fingerprint density at radius 1 is 1.39 bits per heavy atom. The van der Waals surface area contributed by atoms with E-state index in [0.29, 0.717) is 11.0 Å². The van der Waals surface area contributed by atoms with E-state index in [9.17, 15) is 9.18 Å². The number of rotatable bonds is 2. The Morgan fingerprint density at radius 2 is 2.11 bits per heavy atom. The summed E-state index contributed by atoms with van der Waals surface area (Å²) in [6.07, 6.45) is 4.31. The van der Waals surface area contributed by atoms with Crippen molar-refractivity contribution in [3.05, 3.63) is 23.5 Å². The molecule has 1 aliphatic carbocycles. The summed E-state index contributed by atoms with van der Waals surface area (Å²) in [5, 5.41) is 16.8. The normalized spacial score (nSPS) is 16.5. The largest absolute Gasteiger partial charge is 0.478 e. The van der Waals surface area contributed by atoms with Gasteiger partial charge in [0.1, 0.15) is 11.3 Å². The van der Waals surface area contributed by atoms with Crippen LogP contribution in [0.5, 0.6) is 0 Å². The highest BCUT2D eigenvalue weighted by Crippen LogP contribution is 2.31. The monoisotopic (exact) mass is 249 g/mol. The molecule has 94 valence electrons. The molecule has 0 radical (unpaired) electrons. The molecule has 0 bridgehead atoms. The molecule has 1 heterocycles. The first-order valence-electron chi connectivity index (χ1n) is 5.94. The second kappa shape index (κ2) is 4.04. The summed E-state index contributed by atoms with van der Waals surface area (Å²) in [4.78, 5) is 10.8. The molecule has 1 aliphatic rings. The van der Waals surface area contributed by atoms with Gasteiger partial charge in [-0.15, -0.1) is 5.10 Å². The summed E-state index contributed by atoms with van der Waals surface area (Å²) < 4.78 is 15.4. The fourth-order valence-electron chi connectivity index (χ4n) is 2.54. The van der Waals surface area contributed by atoms with E-state index in [1.165, 1.54) is 12.1 Å². The summed E-state index contributed by atoms with van der Waals surface area (Å²) in [5.41, 5.74) is 0.645. The highest BCUT2D eigenvalue weighted by atomic mass is 19.1. The molecule has 1 N–H and O–H groups in total. The van der Waals surface area contributed by atoms with Crippen LogP contribution in [0, 0.1) is 5.82 Å². The molecule has 0 amide bonds. The molecule has 1 fully saturated rings. The van der Waals surface area contributed by atoms with Gasteiger partial charge in [0.2, 0.25) is 0 Å². The first-order chi connectivity index (χ1) is 8.66. The predicted molar refractivity (Wildman–Crippen MR) is 62.0 cm³/mol. The molecular weight excluding hydrogens is 237 g/mol. The zero-order chi connectivity index (χ0) is 12.7. The molecule has 0 aliphatic heterocycles. The van der Waals surface area contributed by atoms with Gasteiger partial charge in [0.15, 0.2) is 0 Å². The Bertz CT molecular complexity index is 617. The summed E-state index contributed by atoms with van der Waals surface area (Å²) in [6, 6.07) is 2.72. The average molecular weight is 249 g/mol. The molecule has 1 aromatic carbocycles. The number of aromatic nitrogens is 3. The highest BCUT2D eigenvalue weighted by molar-refractivity contribution is 5.92. The van der Waals surface area contributed by atoms with E-state index in [4.69, 9.17) is 5.11 Å². The van der Waals surface area contributed by atoms with Gasteiger partial charge in [-0.3, -0.25) is 0 Å². The van der Waals surface area contributed by atoms with Crippen LogP contribution in [0.15, 0.2) is 12.1 Å². The topological polar surface area (TPSA) is 68.0 Å². The maximum Gasteiger partial charge on any atom is 0.338 e. The Labute approximate surface area is 102 Å². The second-order valence-electron chi connectivity index (χ2n) is 4.60. The van der Waals surface area contributed by atoms with Crippen LogP contribution < -0.4 is 0 Å². The van der Waals surface area contributed by atoms with Crippen molar-refractivity contribution in [1.82, 2.24) is 15.0 Å². The van der Waals surface area contributed by atoms with Crippen LogP contribution >= 0.6 is 0 Å². The molecule has 18 heavy (non-hydrogen) atoms. The first kappa shape index (κ1) is 11.1. The van der Waals surface area contributed by atoms with Gasteiger partial charge in [-0.05, 0) is 18.9 Å². The van der Waals surface area contributed by atoms with E-state index in [1.807, 2.05) is 0 Å². The minimum absolute atomic E-state index is 0.255. The van der Waals surface area contributed by atoms with Crippen LogP contribution in [0.1, 0.15) is 42.1 Å². The van der Waals surface area contributed by atoms with Crippen molar-refractivity contribution in [3.63, 3.8) is 0 Å². The molecule has 1 aromatic heterocycles. The summed E-state index contributed by atoms with van der Waals surface area (Å²) in [5.74, 6) is -2.03. The average Bonchev–Trinajstić information content (AvgIpc) is 2.94. The number of fused-ring (bicyclic) bond motifs is 1. The Kier molecular flexibility index (Phi) is 2.50. The predicted octanol–water partition coefficient (Wildman–Crippen LogP) is 2.38. The number of halogens is 1. The van der Waals surface area contributed by atoms with Crippen LogP contribution in [0.4, 0.5) is 4.39 Å². The van der Waals surface area contributed by atoms with Gasteiger partial charge in [0.25, 0.3) is 0 Å². The molecule has 6 heteroatoms. The number of hydrogen-bond donors (Lipinski definition) is 1. The third kappa shape index (κ3) is 1.64. The molecule has 0 saturated heterocycles. The number of aromatic carboxylic acids is 1. The standard InChI is InChI=1S/C12H12FN3O2/c13-9-6-11-10(5-8(9)12(17)18)14-15-16(11)7-3-1-2-4-7/h5-7H,1-4H2,(H,17,18). The van der Waals surface area contributed by atoms with Crippen molar-refractivity contribution >= 4 is 17.0 Å².